The van der Waals surface area contributed by atoms with Gasteiger partial charge in [0.05, 0.1) is 0 Å². The highest BCUT2D eigenvalue weighted by atomic mass is 32.1. The molecule has 5 heteroatoms. The molecule has 2 aromatic rings. The fourth-order valence-corrected chi connectivity index (χ4v) is 5.60. The predicted octanol–water partition coefficient (Wildman–Crippen LogP) is 3.70. The molecule has 0 aliphatic heterocycles. The Morgan fingerprint density at radius 1 is 0.909 bits per heavy atom. The van der Waals surface area contributed by atoms with E-state index in [9.17, 15) is 14.4 Å². The van der Waals surface area contributed by atoms with Gasteiger partial charge in [0.1, 0.15) is 0 Å². The molecule has 0 radical (unpaired) electrons. The first-order valence-electron chi connectivity index (χ1n) is 7.41. The molecule has 3 nitrogen and oxygen atoms in total. The minimum Gasteiger partial charge on any atom is -0.290 e. The Morgan fingerprint density at radius 3 is 2.50 bits per heavy atom. The van der Waals surface area contributed by atoms with Crippen molar-refractivity contribution >= 4 is 40.0 Å². The highest BCUT2D eigenvalue weighted by Gasteiger charge is 2.51. The molecule has 0 aromatic carbocycles. The van der Waals surface area contributed by atoms with Crippen molar-refractivity contribution in [2.24, 2.45) is 11.8 Å². The lowest BCUT2D eigenvalue weighted by Gasteiger charge is -2.28. The zero-order valence-corrected chi connectivity index (χ0v) is 13.4. The van der Waals surface area contributed by atoms with Crippen molar-refractivity contribution in [1.82, 2.24) is 0 Å². The minimum absolute atomic E-state index is 0.294. The Balaban J connectivity index is 1.57. The summed E-state index contributed by atoms with van der Waals surface area (Å²) in [5.74, 6) is -2.07. The Labute approximate surface area is 136 Å². The lowest BCUT2D eigenvalue weighted by Crippen LogP contribution is -2.25. The molecule has 0 spiro atoms. The molecule has 2 heterocycles. The molecule has 22 heavy (non-hydrogen) atoms. The summed E-state index contributed by atoms with van der Waals surface area (Å²) in [5.41, 5.74) is 0. The van der Waals surface area contributed by atoms with Crippen molar-refractivity contribution in [2.45, 2.75) is 25.2 Å². The zero-order valence-electron chi connectivity index (χ0n) is 11.8. The normalized spacial score (nSPS) is 28.2. The number of carbonyl (C=O) groups excluding carboxylic acids is 3. The average molecular weight is 330 g/mol. The van der Waals surface area contributed by atoms with Crippen molar-refractivity contribution in [1.29, 1.82) is 0 Å². The van der Waals surface area contributed by atoms with Crippen LogP contribution in [0.4, 0.5) is 0 Å². The van der Waals surface area contributed by atoms with Gasteiger partial charge in [-0.05, 0) is 48.8 Å². The van der Waals surface area contributed by atoms with E-state index in [4.69, 9.17) is 0 Å². The second kappa shape index (κ2) is 5.25. The molecule has 2 aliphatic rings. The molecular formula is C17H14O3S2. The number of thiophene rings is 2. The maximum absolute atomic E-state index is 12.0. The van der Waals surface area contributed by atoms with Crippen molar-refractivity contribution in [2.75, 3.05) is 0 Å². The fourth-order valence-electron chi connectivity index (χ4n) is 3.61. The third-order valence-electron chi connectivity index (χ3n) is 4.76. The predicted molar refractivity (Wildman–Crippen MR) is 86.2 cm³/mol. The van der Waals surface area contributed by atoms with E-state index in [0.717, 1.165) is 6.42 Å². The zero-order chi connectivity index (χ0) is 15.3. The maximum Gasteiger partial charge on any atom is 0.264 e. The lowest BCUT2D eigenvalue weighted by atomic mass is 9.75. The third-order valence-corrected chi connectivity index (χ3v) is 7.08. The molecule has 112 valence electrons. The second-order valence-electron chi connectivity index (χ2n) is 5.96. The first-order valence-corrected chi connectivity index (χ1v) is 9.10. The summed E-state index contributed by atoms with van der Waals surface area (Å²) < 4.78 is 0. The van der Waals surface area contributed by atoms with Gasteiger partial charge in [-0.15, -0.1) is 22.7 Å². The van der Waals surface area contributed by atoms with E-state index in [0.29, 0.717) is 18.8 Å². The van der Waals surface area contributed by atoms with Crippen LogP contribution in [0.2, 0.25) is 0 Å². The molecule has 2 saturated carbocycles. The van der Waals surface area contributed by atoms with E-state index < -0.39 is 17.3 Å². The Kier molecular flexibility index (Phi) is 3.35. The number of ketones is 3. The molecule has 0 amide bonds. The van der Waals surface area contributed by atoms with E-state index >= 15 is 0 Å². The molecule has 2 aromatic heterocycles. The van der Waals surface area contributed by atoms with Gasteiger partial charge >= 0.3 is 0 Å². The van der Waals surface area contributed by atoms with E-state index in [2.05, 4.69) is 23.6 Å². The highest BCUT2D eigenvalue weighted by Crippen LogP contribution is 2.46. The van der Waals surface area contributed by atoms with Crippen molar-refractivity contribution in [3.05, 3.63) is 34.5 Å². The number of hydrogen-bond acceptors (Lipinski definition) is 5. The topological polar surface area (TPSA) is 51.2 Å². The van der Waals surface area contributed by atoms with Gasteiger partial charge in [-0.1, -0.05) is 6.07 Å². The molecule has 2 aliphatic carbocycles. The Hall–Kier alpha value is -1.59. The third kappa shape index (κ3) is 2.11. The van der Waals surface area contributed by atoms with Crippen LogP contribution in [0.25, 0.3) is 9.75 Å². The van der Waals surface area contributed by atoms with Crippen LogP contribution in [0.1, 0.15) is 30.1 Å². The maximum atomic E-state index is 12.0. The van der Waals surface area contributed by atoms with E-state index in [-0.39, 0.29) is 11.8 Å². The summed E-state index contributed by atoms with van der Waals surface area (Å²) in [5, 5.41) is 2.06. The van der Waals surface area contributed by atoms with E-state index in [1.54, 1.807) is 22.7 Å². The molecule has 3 atom stereocenters. The van der Waals surface area contributed by atoms with Crippen molar-refractivity contribution < 1.29 is 14.4 Å². The van der Waals surface area contributed by atoms with Gasteiger partial charge in [-0.25, -0.2) is 0 Å². The molecular weight excluding hydrogens is 316 g/mol. The second-order valence-corrected chi connectivity index (χ2v) is 8.02. The molecule has 4 rings (SSSR count). The summed E-state index contributed by atoms with van der Waals surface area (Å²) in [6.07, 6.45) is 2.20. The largest absolute Gasteiger partial charge is 0.290 e. The molecule has 2 fully saturated rings. The minimum atomic E-state index is -0.763. The van der Waals surface area contributed by atoms with Gasteiger partial charge < -0.3 is 0 Å². The van der Waals surface area contributed by atoms with Crippen LogP contribution < -0.4 is 0 Å². The number of rotatable bonds is 2. The number of carbonyl (C=O) groups is 3. The summed E-state index contributed by atoms with van der Waals surface area (Å²) in [4.78, 5) is 39.1. The van der Waals surface area contributed by atoms with Gasteiger partial charge in [0.25, 0.3) is 5.78 Å². The molecule has 0 saturated heterocycles. The van der Waals surface area contributed by atoms with Crippen molar-refractivity contribution in [3.63, 3.8) is 0 Å². The summed E-state index contributed by atoms with van der Waals surface area (Å²) in [6, 6.07) is 8.41. The van der Waals surface area contributed by atoms with E-state index in [1.807, 2.05) is 6.07 Å². The standard InChI is InChI=1S/C17H14O3S2/c18-15-10-4-3-9(8-11(10)16(19)17(15)20)12-5-6-14(22-12)13-2-1-7-21-13/h1-2,5-7,9-11H,3-4,8H2. The van der Waals surface area contributed by atoms with Crippen LogP contribution in [0.5, 0.6) is 0 Å². The van der Waals surface area contributed by atoms with Crippen LogP contribution in [-0.2, 0) is 14.4 Å². The summed E-state index contributed by atoms with van der Waals surface area (Å²) in [7, 11) is 0. The lowest BCUT2D eigenvalue weighted by molar-refractivity contribution is -0.141. The van der Waals surface area contributed by atoms with Gasteiger partial charge in [0, 0.05) is 26.5 Å². The van der Waals surface area contributed by atoms with Crippen LogP contribution in [-0.4, -0.2) is 17.3 Å². The fraction of sp³-hybridized carbons (Fsp3) is 0.353. The summed E-state index contributed by atoms with van der Waals surface area (Å²) >= 11 is 3.48. The van der Waals surface area contributed by atoms with Crippen LogP contribution in [0, 0.1) is 11.8 Å². The monoisotopic (exact) mass is 330 g/mol. The van der Waals surface area contributed by atoms with Gasteiger partial charge in [-0.3, -0.25) is 14.4 Å². The highest BCUT2D eigenvalue weighted by molar-refractivity contribution is 7.21. The van der Waals surface area contributed by atoms with Gasteiger partial charge in [-0.2, -0.15) is 0 Å². The molecule has 3 unspecified atom stereocenters. The number of hydrogen-bond donors (Lipinski definition) is 0. The SMILES string of the molecule is O=C1C(=O)C2CCC(c3ccc(-c4cccs4)s3)CC2C1=O. The smallest absolute Gasteiger partial charge is 0.264 e. The quantitative estimate of drug-likeness (QED) is 0.789. The number of fused-ring (bicyclic) bond motifs is 1. The van der Waals surface area contributed by atoms with E-state index in [1.165, 1.54) is 14.6 Å². The first-order chi connectivity index (χ1) is 10.6. The van der Waals surface area contributed by atoms with Crippen LogP contribution >= 0.6 is 22.7 Å². The number of Topliss-reactive ketones (excluding diaryl/α,β-unsaturated/α-hetero) is 3. The van der Waals surface area contributed by atoms with Crippen LogP contribution in [0.15, 0.2) is 29.6 Å². The molecule has 0 N–H and O–H groups in total. The Bertz CT molecular complexity index is 757. The Morgan fingerprint density at radius 2 is 1.73 bits per heavy atom. The summed E-state index contributed by atoms with van der Waals surface area (Å²) in [6.45, 7) is 0. The first kappa shape index (κ1) is 14.0. The van der Waals surface area contributed by atoms with Crippen molar-refractivity contribution in [3.8, 4) is 9.75 Å². The van der Waals surface area contributed by atoms with Gasteiger partial charge in [0.15, 0.2) is 0 Å². The average Bonchev–Trinajstić information content (AvgIpc) is 3.25. The van der Waals surface area contributed by atoms with Gasteiger partial charge in [0.2, 0.25) is 11.6 Å². The van der Waals surface area contributed by atoms with Crippen LogP contribution in [0.3, 0.4) is 0 Å². The molecule has 0 bridgehead atoms.